The lowest BCUT2D eigenvalue weighted by Crippen LogP contribution is -1.99. The monoisotopic (exact) mass is 470 g/mol. The van der Waals surface area contributed by atoms with Crippen molar-refractivity contribution in [3.63, 3.8) is 0 Å². The van der Waals surface area contributed by atoms with Gasteiger partial charge in [0.2, 0.25) is 5.78 Å². The van der Waals surface area contributed by atoms with Gasteiger partial charge in [0.15, 0.2) is 5.76 Å². The van der Waals surface area contributed by atoms with Gasteiger partial charge in [-0.15, -0.1) is 0 Å². The van der Waals surface area contributed by atoms with Crippen LogP contribution in [0.25, 0.3) is 6.08 Å². The van der Waals surface area contributed by atoms with Gasteiger partial charge in [0.05, 0.1) is 12.7 Å². The van der Waals surface area contributed by atoms with E-state index in [4.69, 9.17) is 25.8 Å². The van der Waals surface area contributed by atoms with Gasteiger partial charge < -0.3 is 14.2 Å². The molecule has 6 heteroatoms. The normalized spacial score (nSPS) is 13.9. The smallest absolute Gasteiger partial charge is 0.231 e. The van der Waals surface area contributed by atoms with Crippen LogP contribution in [0.4, 0.5) is 0 Å². The molecule has 0 saturated heterocycles. The van der Waals surface area contributed by atoms with Gasteiger partial charge in [0.25, 0.3) is 0 Å². The number of fused-ring (bicyclic) bond motifs is 1. The van der Waals surface area contributed by atoms with E-state index >= 15 is 0 Å². The number of methoxy groups -OCH3 is 1. The van der Waals surface area contributed by atoms with Crippen LogP contribution in [-0.4, -0.2) is 12.9 Å². The van der Waals surface area contributed by atoms with E-state index in [-0.39, 0.29) is 11.5 Å². The number of hydrogen-bond donors (Lipinski definition) is 0. The van der Waals surface area contributed by atoms with E-state index in [0.29, 0.717) is 34.4 Å². The van der Waals surface area contributed by atoms with Crippen molar-refractivity contribution >= 4 is 39.4 Å². The average Bonchev–Trinajstić information content (AvgIpc) is 3.02. The van der Waals surface area contributed by atoms with Crippen molar-refractivity contribution in [1.29, 1.82) is 0 Å². The Balaban J connectivity index is 1.54. The third-order valence-corrected chi connectivity index (χ3v) is 5.18. The number of allylic oxidation sites excluding steroid dienone is 1. The molecule has 4 rings (SSSR count). The van der Waals surface area contributed by atoms with Gasteiger partial charge in [-0.2, -0.15) is 0 Å². The fraction of sp³-hybridized carbons (Fsp3) is 0.0870. The van der Waals surface area contributed by atoms with Crippen LogP contribution in [0.2, 0.25) is 5.02 Å². The minimum absolute atomic E-state index is 0.175. The second-order valence-corrected chi connectivity index (χ2v) is 7.75. The number of ketones is 1. The van der Waals surface area contributed by atoms with Gasteiger partial charge in [-0.05, 0) is 54.1 Å². The Kier molecular flexibility index (Phi) is 5.60. The number of carbonyl (C=O) groups is 1. The SMILES string of the molecule is COc1ccc(Br)cc1C=C1Oc2cc(OCc3ccc(Cl)cc3)ccc2C1=O. The lowest BCUT2D eigenvalue weighted by Gasteiger charge is -2.08. The predicted molar refractivity (Wildman–Crippen MR) is 116 cm³/mol. The van der Waals surface area contributed by atoms with E-state index in [1.54, 1.807) is 31.4 Å². The Morgan fingerprint density at radius 2 is 1.86 bits per heavy atom. The first-order chi connectivity index (χ1) is 14.0. The fourth-order valence-electron chi connectivity index (χ4n) is 2.96. The number of hydrogen-bond acceptors (Lipinski definition) is 4. The topological polar surface area (TPSA) is 44.8 Å². The Hall–Kier alpha value is -2.76. The molecular formula is C23H16BrClO4. The molecule has 1 aliphatic heterocycles. The summed E-state index contributed by atoms with van der Waals surface area (Å²) in [6.07, 6.45) is 1.68. The van der Waals surface area contributed by atoms with Crippen LogP contribution < -0.4 is 14.2 Å². The maximum absolute atomic E-state index is 12.7. The first kappa shape index (κ1) is 19.6. The van der Waals surface area contributed by atoms with Gasteiger partial charge in [0, 0.05) is 21.1 Å². The van der Waals surface area contributed by atoms with Crippen molar-refractivity contribution in [3.8, 4) is 17.2 Å². The standard InChI is InChI=1S/C23H16BrClO4/c1-27-20-9-4-16(24)10-15(20)11-22-23(26)19-8-7-18(12-21(19)29-22)28-13-14-2-5-17(25)6-3-14/h2-12H,13H2,1H3. The number of benzene rings is 3. The second-order valence-electron chi connectivity index (χ2n) is 6.40. The van der Waals surface area contributed by atoms with Gasteiger partial charge in [0.1, 0.15) is 23.9 Å². The number of Topliss-reactive ketones (excluding diaryl/α,β-unsaturated/α-hetero) is 1. The molecule has 4 nitrogen and oxygen atoms in total. The zero-order chi connectivity index (χ0) is 20.4. The van der Waals surface area contributed by atoms with Gasteiger partial charge in [-0.25, -0.2) is 0 Å². The Labute approximate surface area is 181 Å². The molecule has 0 unspecified atom stereocenters. The summed E-state index contributed by atoms with van der Waals surface area (Å²) in [5.74, 6) is 1.81. The molecule has 0 atom stereocenters. The fourth-order valence-corrected chi connectivity index (χ4v) is 3.47. The van der Waals surface area contributed by atoms with Crippen molar-refractivity contribution in [2.24, 2.45) is 0 Å². The van der Waals surface area contributed by atoms with Crippen molar-refractivity contribution in [1.82, 2.24) is 0 Å². The van der Waals surface area contributed by atoms with Crippen molar-refractivity contribution < 1.29 is 19.0 Å². The van der Waals surface area contributed by atoms with Crippen LogP contribution in [-0.2, 0) is 6.61 Å². The molecule has 29 heavy (non-hydrogen) atoms. The molecule has 1 heterocycles. The third-order valence-electron chi connectivity index (χ3n) is 4.44. The molecule has 1 aliphatic rings. The summed E-state index contributed by atoms with van der Waals surface area (Å²) in [5.41, 5.74) is 2.25. The zero-order valence-corrected chi connectivity index (χ0v) is 17.8. The van der Waals surface area contributed by atoms with E-state index in [1.807, 2.05) is 42.5 Å². The van der Waals surface area contributed by atoms with E-state index in [9.17, 15) is 4.79 Å². The minimum Gasteiger partial charge on any atom is -0.496 e. The van der Waals surface area contributed by atoms with Crippen molar-refractivity contribution in [2.45, 2.75) is 6.61 Å². The molecular weight excluding hydrogens is 456 g/mol. The second kappa shape index (κ2) is 8.31. The van der Waals surface area contributed by atoms with E-state index in [2.05, 4.69) is 15.9 Å². The van der Waals surface area contributed by atoms with Crippen LogP contribution in [0.1, 0.15) is 21.5 Å². The number of carbonyl (C=O) groups excluding carboxylic acids is 1. The minimum atomic E-state index is -0.175. The molecule has 0 spiro atoms. The number of halogens is 2. The molecule has 0 amide bonds. The Morgan fingerprint density at radius 3 is 2.62 bits per heavy atom. The maximum Gasteiger partial charge on any atom is 0.231 e. The lowest BCUT2D eigenvalue weighted by atomic mass is 10.1. The average molecular weight is 472 g/mol. The quantitative estimate of drug-likeness (QED) is 0.409. The van der Waals surface area contributed by atoms with Crippen molar-refractivity contribution in [3.05, 3.63) is 92.6 Å². The van der Waals surface area contributed by atoms with Crippen LogP contribution >= 0.6 is 27.5 Å². The summed E-state index contributed by atoms with van der Waals surface area (Å²) < 4.78 is 17.9. The molecule has 0 saturated carbocycles. The van der Waals surface area contributed by atoms with Crippen molar-refractivity contribution in [2.75, 3.05) is 7.11 Å². The van der Waals surface area contributed by atoms with Crippen LogP contribution in [0, 0.1) is 0 Å². The highest BCUT2D eigenvalue weighted by Crippen LogP contribution is 2.36. The largest absolute Gasteiger partial charge is 0.496 e. The molecule has 0 fully saturated rings. The summed E-state index contributed by atoms with van der Waals surface area (Å²) in [4.78, 5) is 12.7. The highest BCUT2D eigenvalue weighted by molar-refractivity contribution is 9.10. The summed E-state index contributed by atoms with van der Waals surface area (Å²) >= 11 is 9.33. The molecule has 146 valence electrons. The highest BCUT2D eigenvalue weighted by Gasteiger charge is 2.28. The van der Waals surface area contributed by atoms with Crippen LogP contribution in [0.5, 0.6) is 17.2 Å². The van der Waals surface area contributed by atoms with E-state index in [1.165, 1.54) is 0 Å². The molecule has 0 aliphatic carbocycles. The van der Waals surface area contributed by atoms with Gasteiger partial charge in [-0.1, -0.05) is 39.7 Å². The molecule has 3 aromatic carbocycles. The predicted octanol–water partition coefficient (Wildman–Crippen LogP) is 6.31. The van der Waals surface area contributed by atoms with Gasteiger partial charge >= 0.3 is 0 Å². The number of ether oxygens (including phenoxy) is 3. The van der Waals surface area contributed by atoms with Gasteiger partial charge in [-0.3, -0.25) is 4.79 Å². The molecule has 0 aromatic heterocycles. The van der Waals surface area contributed by atoms with Crippen LogP contribution in [0.3, 0.4) is 0 Å². The lowest BCUT2D eigenvalue weighted by molar-refractivity contribution is 0.101. The molecule has 0 N–H and O–H groups in total. The molecule has 0 bridgehead atoms. The summed E-state index contributed by atoms with van der Waals surface area (Å²) in [5, 5.41) is 0.680. The summed E-state index contributed by atoms with van der Waals surface area (Å²) in [7, 11) is 1.58. The first-order valence-corrected chi connectivity index (χ1v) is 9.99. The number of rotatable bonds is 5. The van der Waals surface area contributed by atoms with E-state index < -0.39 is 0 Å². The van der Waals surface area contributed by atoms with E-state index in [0.717, 1.165) is 15.6 Å². The molecule has 0 radical (unpaired) electrons. The zero-order valence-electron chi connectivity index (χ0n) is 15.4. The Morgan fingerprint density at radius 1 is 1.07 bits per heavy atom. The molecule has 3 aromatic rings. The van der Waals surface area contributed by atoms with Crippen LogP contribution in [0.15, 0.2) is 70.9 Å². The summed E-state index contributed by atoms with van der Waals surface area (Å²) in [6, 6.07) is 18.2. The highest BCUT2D eigenvalue weighted by atomic mass is 79.9. The Bertz CT molecular complexity index is 1110. The first-order valence-electron chi connectivity index (χ1n) is 8.82. The maximum atomic E-state index is 12.7. The third kappa shape index (κ3) is 4.31. The summed E-state index contributed by atoms with van der Waals surface area (Å²) in [6.45, 7) is 0.391.